The summed E-state index contributed by atoms with van der Waals surface area (Å²) < 4.78 is 32.6. The van der Waals surface area contributed by atoms with Crippen molar-refractivity contribution in [2.45, 2.75) is 37.2 Å². The van der Waals surface area contributed by atoms with Crippen LogP contribution in [0.3, 0.4) is 0 Å². The largest absolute Gasteiger partial charge is 0.468 e. The molecule has 0 saturated carbocycles. The van der Waals surface area contributed by atoms with Gasteiger partial charge >= 0.3 is 0 Å². The molecule has 2 atom stereocenters. The lowest BCUT2D eigenvalue weighted by atomic mass is 10.2. The van der Waals surface area contributed by atoms with Gasteiger partial charge in [-0.2, -0.15) is 0 Å². The van der Waals surface area contributed by atoms with Crippen molar-refractivity contribution in [3.8, 4) is 0 Å². The highest BCUT2D eigenvalue weighted by Gasteiger charge is 2.19. The predicted octanol–water partition coefficient (Wildman–Crippen LogP) is 2.39. The number of benzene rings is 1. The average Bonchev–Trinajstić information content (AvgIpc) is 3.15. The van der Waals surface area contributed by atoms with Crippen molar-refractivity contribution < 1.29 is 17.6 Å². The van der Waals surface area contributed by atoms with Crippen LogP contribution >= 0.6 is 0 Å². The van der Waals surface area contributed by atoms with E-state index in [4.69, 9.17) is 4.42 Å². The number of carbonyl (C=O) groups is 1. The zero-order chi connectivity index (χ0) is 20.0. The third kappa shape index (κ3) is 5.66. The van der Waals surface area contributed by atoms with Gasteiger partial charge in [-0.25, -0.2) is 13.1 Å². The maximum Gasteiger partial charge on any atom is 0.251 e. The Kier molecular flexibility index (Phi) is 7.18. The summed E-state index contributed by atoms with van der Waals surface area (Å²) in [6.45, 7) is 4.08. The number of carbonyl (C=O) groups excluding carboxylic acids is 1. The Labute approximate surface area is 160 Å². The van der Waals surface area contributed by atoms with Gasteiger partial charge in [-0.15, -0.1) is 0 Å². The monoisotopic (exact) mass is 393 g/mol. The predicted molar refractivity (Wildman–Crippen MR) is 104 cm³/mol. The van der Waals surface area contributed by atoms with Crippen molar-refractivity contribution >= 4 is 15.9 Å². The second kappa shape index (κ2) is 9.16. The van der Waals surface area contributed by atoms with Gasteiger partial charge in [0.15, 0.2) is 0 Å². The summed E-state index contributed by atoms with van der Waals surface area (Å²) in [6, 6.07) is 9.33. The molecule has 0 aliphatic rings. The van der Waals surface area contributed by atoms with Crippen LogP contribution in [0.25, 0.3) is 0 Å². The van der Waals surface area contributed by atoms with Crippen LogP contribution in [-0.4, -0.2) is 45.9 Å². The topological polar surface area (TPSA) is 91.6 Å². The van der Waals surface area contributed by atoms with E-state index in [-0.39, 0.29) is 22.9 Å². The van der Waals surface area contributed by atoms with E-state index in [0.29, 0.717) is 18.5 Å². The summed E-state index contributed by atoms with van der Waals surface area (Å²) in [7, 11) is 0.231. The minimum Gasteiger partial charge on any atom is -0.468 e. The molecule has 0 aliphatic heterocycles. The van der Waals surface area contributed by atoms with Gasteiger partial charge in [0, 0.05) is 18.2 Å². The number of hydrogen-bond acceptors (Lipinski definition) is 5. The second-order valence-corrected chi connectivity index (χ2v) is 8.37. The molecule has 8 heteroatoms. The molecule has 1 aromatic carbocycles. The summed E-state index contributed by atoms with van der Waals surface area (Å²) in [5.74, 6) is 0.491. The summed E-state index contributed by atoms with van der Waals surface area (Å²) in [4.78, 5) is 14.5. The van der Waals surface area contributed by atoms with Crippen LogP contribution in [-0.2, 0) is 10.0 Å². The molecule has 1 aromatic heterocycles. The zero-order valence-corrected chi connectivity index (χ0v) is 16.9. The molecular weight excluding hydrogens is 366 g/mol. The SMILES string of the molecule is CCC(C)NS(=O)(=O)c1ccc(C(=O)NCC(c2ccco2)N(C)C)cc1. The highest BCUT2D eigenvalue weighted by molar-refractivity contribution is 7.89. The number of likely N-dealkylation sites (N-methyl/N-ethyl adjacent to an activating group) is 1. The van der Waals surface area contributed by atoms with Gasteiger partial charge in [0.2, 0.25) is 10.0 Å². The van der Waals surface area contributed by atoms with Crippen LogP contribution < -0.4 is 10.0 Å². The normalized spacial score (nSPS) is 14.1. The molecule has 7 nitrogen and oxygen atoms in total. The molecule has 2 unspecified atom stereocenters. The van der Waals surface area contributed by atoms with E-state index in [1.807, 2.05) is 32.0 Å². The molecule has 1 amide bonds. The van der Waals surface area contributed by atoms with Crippen LogP contribution in [0, 0.1) is 0 Å². The third-order valence-corrected chi connectivity index (χ3v) is 5.95. The molecular formula is C19H27N3O4S. The first-order valence-electron chi connectivity index (χ1n) is 8.85. The van der Waals surface area contributed by atoms with Crippen molar-refractivity contribution in [2.24, 2.45) is 0 Å². The minimum atomic E-state index is -3.58. The Hall–Kier alpha value is -2.16. The van der Waals surface area contributed by atoms with Gasteiger partial charge in [0.1, 0.15) is 5.76 Å². The fraction of sp³-hybridized carbons (Fsp3) is 0.421. The first-order valence-corrected chi connectivity index (χ1v) is 10.3. The quantitative estimate of drug-likeness (QED) is 0.683. The minimum absolute atomic E-state index is 0.0941. The Bertz CT molecular complexity index is 830. The van der Waals surface area contributed by atoms with E-state index < -0.39 is 10.0 Å². The fourth-order valence-corrected chi connectivity index (χ4v) is 3.84. The molecule has 27 heavy (non-hydrogen) atoms. The van der Waals surface area contributed by atoms with Crippen molar-refractivity contribution in [2.75, 3.05) is 20.6 Å². The lowest BCUT2D eigenvalue weighted by Gasteiger charge is -2.22. The third-order valence-electron chi connectivity index (χ3n) is 4.35. The van der Waals surface area contributed by atoms with Crippen LogP contribution in [0.2, 0.25) is 0 Å². The first-order chi connectivity index (χ1) is 12.7. The molecule has 0 saturated heterocycles. The highest BCUT2D eigenvalue weighted by atomic mass is 32.2. The van der Waals surface area contributed by atoms with Gasteiger partial charge in [0.25, 0.3) is 5.91 Å². The second-order valence-electron chi connectivity index (χ2n) is 6.66. The van der Waals surface area contributed by atoms with E-state index in [1.54, 1.807) is 19.3 Å². The van der Waals surface area contributed by atoms with Crippen molar-refractivity contribution in [1.29, 1.82) is 0 Å². The highest BCUT2D eigenvalue weighted by Crippen LogP contribution is 2.18. The molecule has 0 fully saturated rings. The molecule has 1 heterocycles. The average molecular weight is 394 g/mol. The van der Waals surface area contributed by atoms with E-state index in [1.165, 1.54) is 24.3 Å². The number of hydrogen-bond donors (Lipinski definition) is 2. The fourth-order valence-electron chi connectivity index (χ4n) is 2.51. The Morgan fingerprint density at radius 1 is 1.19 bits per heavy atom. The molecule has 2 rings (SSSR count). The zero-order valence-electron chi connectivity index (χ0n) is 16.1. The number of sulfonamides is 1. The number of amides is 1. The summed E-state index contributed by atoms with van der Waals surface area (Å²) in [6.07, 6.45) is 2.29. The summed E-state index contributed by atoms with van der Waals surface area (Å²) in [5, 5.41) is 2.86. The summed E-state index contributed by atoms with van der Waals surface area (Å²) >= 11 is 0. The molecule has 0 bridgehead atoms. The van der Waals surface area contributed by atoms with Crippen molar-refractivity contribution in [3.05, 3.63) is 54.0 Å². The summed E-state index contributed by atoms with van der Waals surface area (Å²) in [5.41, 5.74) is 0.398. The molecule has 148 valence electrons. The number of nitrogens with zero attached hydrogens (tertiary/aromatic N) is 1. The van der Waals surface area contributed by atoms with Gasteiger partial charge in [-0.1, -0.05) is 6.92 Å². The lowest BCUT2D eigenvalue weighted by Crippen LogP contribution is -2.34. The Balaban J connectivity index is 2.03. The van der Waals surface area contributed by atoms with Crippen molar-refractivity contribution in [1.82, 2.24) is 14.9 Å². The van der Waals surface area contributed by atoms with E-state index in [9.17, 15) is 13.2 Å². The number of nitrogens with one attached hydrogen (secondary N) is 2. The van der Waals surface area contributed by atoms with Gasteiger partial charge < -0.3 is 9.73 Å². The van der Waals surface area contributed by atoms with Gasteiger partial charge in [0.05, 0.1) is 17.2 Å². The molecule has 0 radical (unpaired) electrons. The van der Waals surface area contributed by atoms with Crippen LogP contribution in [0.4, 0.5) is 0 Å². The standard InChI is InChI=1S/C19H27N3O4S/c1-5-14(2)21-27(24,25)16-10-8-15(9-11-16)19(23)20-13-17(22(3)4)18-7-6-12-26-18/h6-12,14,17,21H,5,13H2,1-4H3,(H,20,23). The molecule has 0 spiro atoms. The molecule has 2 aromatic rings. The maximum atomic E-state index is 12.4. The Morgan fingerprint density at radius 2 is 1.85 bits per heavy atom. The van der Waals surface area contributed by atoms with Crippen LogP contribution in [0.1, 0.15) is 42.4 Å². The van der Waals surface area contributed by atoms with Crippen LogP contribution in [0.15, 0.2) is 52.0 Å². The lowest BCUT2D eigenvalue weighted by molar-refractivity contribution is 0.0939. The van der Waals surface area contributed by atoms with Crippen molar-refractivity contribution in [3.63, 3.8) is 0 Å². The van der Waals surface area contributed by atoms with E-state index in [2.05, 4.69) is 10.0 Å². The van der Waals surface area contributed by atoms with E-state index >= 15 is 0 Å². The number of rotatable bonds is 9. The van der Waals surface area contributed by atoms with E-state index in [0.717, 1.165) is 5.76 Å². The Morgan fingerprint density at radius 3 is 2.37 bits per heavy atom. The van der Waals surface area contributed by atoms with Crippen LogP contribution in [0.5, 0.6) is 0 Å². The molecule has 0 aliphatic carbocycles. The smallest absolute Gasteiger partial charge is 0.251 e. The maximum absolute atomic E-state index is 12.4. The number of furan rings is 1. The van der Waals surface area contributed by atoms with Gasteiger partial charge in [-0.05, 0) is 63.8 Å². The molecule has 2 N–H and O–H groups in total. The first kappa shape index (κ1) is 21.1. The van der Waals surface area contributed by atoms with Gasteiger partial charge in [-0.3, -0.25) is 9.69 Å².